The topological polar surface area (TPSA) is 49.6 Å². The Bertz CT molecular complexity index is 800. The molecule has 0 saturated carbocycles. The van der Waals surface area contributed by atoms with Crippen molar-refractivity contribution < 1.29 is 0 Å². The zero-order chi connectivity index (χ0) is 18.9. The second kappa shape index (κ2) is 10.0. The summed E-state index contributed by atoms with van der Waals surface area (Å²) in [4.78, 5) is 18.3. The zero-order valence-corrected chi connectivity index (χ0v) is 16.5. The van der Waals surface area contributed by atoms with Crippen LogP contribution in [-0.4, -0.2) is 36.1 Å². The number of halogens is 1. The summed E-state index contributed by atoms with van der Waals surface area (Å²) in [6.45, 7) is 4.25. The summed E-state index contributed by atoms with van der Waals surface area (Å²) in [5.74, 6) is 0.845. The molecule has 0 bridgehead atoms. The highest BCUT2D eigenvalue weighted by molar-refractivity contribution is 6.30. The number of pyridine rings is 1. The summed E-state index contributed by atoms with van der Waals surface area (Å²) in [6.07, 6.45) is 1.90. The summed E-state index contributed by atoms with van der Waals surface area (Å²) in [5, 5.41) is 4.12. The number of nitrogens with zero attached hydrogens (tertiary/aromatic N) is 3. The number of rotatable bonds is 7. The van der Waals surface area contributed by atoms with Gasteiger partial charge in [0.2, 0.25) is 0 Å². The van der Waals surface area contributed by atoms with Gasteiger partial charge in [-0.1, -0.05) is 29.8 Å². The summed E-state index contributed by atoms with van der Waals surface area (Å²) < 4.78 is 1.82. The lowest BCUT2D eigenvalue weighted by Gasteiger charge is -2.22. The molecular formula is C20H27ClN4O. The fourth-order valence-electron chi connectivity index (χ4n) is 2.87. The first kappa shape index (κ1) is 20.0. The van der Waals surface area contributed by atoms with E-state index in [0.29, 0.717) is 0 Å². The van der Waals surface area contributed by atoms with E-state index in [9.17, 15) is 4.79 Å². The third-order valence-electron chi connectivity index (χ3n) is 4.24. The molecule has 0 radical (unpaired) electrons. The molecule has 0 fully saturated rings. The van der Waals surface area contributed by atoms with E-state index >= 15 is 0 Å². The number of nitrogens with one attached hydrogen (secondary N) is 1. The minimum absolute atomic E-state index is 0.0648. The van der Waals surface area contributed by atoms with E-state index in [0.717, 1.165) is 54.7 Å². The van der Waals surface area contributed by atoms with Crippen LogP contribution in [0.15, 0.2) is 52.3 Å². The van der Waals surface area contributed by atoms with Crippen molar-refractivity contribution in [1.82, 2.24) is 14.8 Å². The average molecular weight is 375 g/mol. The van der Waals surface area contributed by atoms with Gasteiger partial charge in [0, 0.05) is 50.5 Å². The number of unbranched alkanes of at least 4 members (excludes halogenated alkanes) is 1. The molecule has 1 aromatic carbocycles. The van der Waals surface area contributed by atoms with Crippen LogP contribution < -0.4 is 10.9 Å². The van der Waals surface area contributed by atoms with Gasteiger partial charge in [0.15, 0.2) is 5.96 Å². The van der Waals surface area contributed by atoms with Gasteiger partial charge in [0.05, 0.1) is 0 Å². The lowest BCUT2D eigenvalue weighted by molar-refractivity contribution is 0.472. The highest BCUT2D eigenvalue weighted by Crippen LogP contribution is 2.12. The lowest BCUT2D eigenvalue weighted by atomic mass is 10.2. The van der Waals surface area contributed by atoms with Crippen LogP contribution in [0.5, 0.6) is 0 Å². The van der Waals surface area contributed by atoms with Crippen LogP contribution in [-0.2, 0) is 13.1 Å². The van der Waals surface area contributed by atoms with Gasteiger partial charge in [-0.05, 0) is 43.5 Å². The maximum atomic E-state index is 11.9. The van der Waals surface area contributed by atoms with Crippen LogP contribution in [0.3, 0.4) is 0 Å². The van der Waals surface area contributed by atoms with Gasteiger partial charge in [-0.2, -0.15) is 0 Å². The van der Waals surface area contributed by atoms with E-state index in [4.69, 9.17) is 11.6 Å². The highest BCUT2D eigenvalue weighted by Gasteiger charge is 2.06. The van der Waals surface area contributed by atoms with Crippen LogP contribution in [0.4, 0.5) is 0 Å². The molecular weight excluding hydrogens is 348 g/mol. The van der Waals surface area contributed by atoms with Crippen molar-refractivity contribution in [3.05, 3.63) is 69.1 Å². The fraction of sp³-hybridized carbons (Fsp3) is 0.400. The smallest absolute Gasteiger partial charge is 0.250 e. The molecule has 6 heteroatoms. The Labute approximate surface area is 160 Å². The van der Waals surface area contributed by atoms with Gasteiger partial charge in [-0.15, -0.1) is 0 Å². The first-order chi connectivity index (χ1) is 12.5. The van der Waals surface area contributed by atoms with E-state index in [1.165, 1.54) is 0 Å². The van der Waals surface area contributed by atoms with Crippen LogP contribution >= 0.6 is 11.6 Å². The average Bonchev–Trinajstić information content (AvgIpc) is 2.60. The Kier molecular flexibility index (Phi) is 7.73. The van der Waals surface area contributed by atoms with Crippen molar-refractivity contribution in [2.75, 3.05) is 20.6 Å². The van der Waals surface area contributed by atoms with E-state index < -0.39 is 0 Å². The maximum absolute atomic E-state index is 11.9. The molecule has 0 atom stereocenters. The van der Waals surface area contributed by atoms with Gasteiger partial charge in [-0.3, -0.25) is 9.79 Å². The van der Waals surface area contributed by atoms with Crippen LogP contribution in [0.1, 0.15) is 24.1 Å². The molecule has 0 saturated heterocycles. The number of aryl methyl sites for hydroxylation is 1. The Morgan fingerprint density at radius 3 is 2.69 bits per heavy atom. The standard InChI is InChI=1S/C20H27ClN4O/c1-16-8-6-11-19(26)25(16)13-5-4-12-23-20(22-2)24(3)15-17-9-7-10-18(21)14-17/h6-11,14H,4-5,12-13,15H2,1-3H3,(H,22,23). The van der Waals surface area contributed by atoms with Crippen molar-refractivity contribution in [2.24, 2.45) is 4.99 Å². The van der Waals surface area contributed by atoms with E-state index in [2.05, 4.69) is 21.3 Å². The first-order valence-electron chi connectivity index (χ1n) is 8.84. The van der Waals surface area contributed by atoms with E-state index in [1.54, 1.807) is 19.2 Å². The molecule has 1 heterocycles. The van der Waals surface area contributed by atoms with E-state index in [1.807, 2.05) is 42.8 Å². The quantitative estimate of drug-likeness (QED) is 0.459. The van der Waals surface area contributed by atoms with Crippen LogP contribution in [0, 0.1) is 6.92 Å². The molecule has 5 nitrogen and oxygen atoms in total. The lowest BCUT2D eigenvalue weighted by Crippen LogP contribution is -2.39. The Hall–Kier alpha value is -2.27. The number of guanidine groups is 1. The van der Waals surface area contributed by atoms with Crippen molar-refractivity contribution >= 4 is 17.6 Å². The van der Waals surface area contributed by atoms with Gasteiger partial charge in [0.1, 0.15) is 0 Å². The third-order valence-corrected chi connectivity index (χ3v) is 4.48. The van der Waals surface area contributed by atoms with Gasteiger partial charge < -0.3 is 14.8 Å². The predicted molar refractivity (Wildman–Crippen MR) is 109 cm³/mol. The second-order valence-corrected chi connectivity index (χ2v) is 6.76. The molecule has 0 aliphatic rings. The molecule has 0 unspecified atom stereocenters. The summed E-state index contributed by atoms with van der Waals surface area (Å²) >= 11 is 6.04. The molecule has 0 spiro atoms. The van der Waals surface area contributed by atoms with Crippen molar-refractivity contribution in [3.8, 4) is 0 Å². The number of benzene rings is 1. The summed E-state index contributed by atoms with van der Waals surface area (Å²) in [7, 11) is 3.78. The number of aliphatic imine (C=N–C) groups is 1. The van der Waals surface area contributed by atoms with Crippen LogP contribution in [0.2, 0.25) is 5.02 Å². The zero-order valence-electron chi connectivity index (χ0n) is 15.7. The molecule has 0 aliphatic carbocycles. The fourth-order valence-corrected chi connectivity index (χ4v) is 3.09. The van der Waals surface area contributed by atoms with Crippen LogP contribution in [0.25, 0.3) is 0 Å². The Morgan fingerprint density at radius 2 is 2.00 bits per heavy atom. The summed E-state index contributed by atoms with van der Waals surface area (Å²) in [6, 6.07) is 13.2. The minimum Gasteiger partial charge on any atom is -0.356 e. The normalized spacial score (nSPS) is 11.5. The molecule has 2 aromatic rings. The largest absolute Gasteiger partial charge is 0.356 e. The molecule has 1 aromatic heterocycles. The van der Waals surface area contributed by atoms with Crippen molar-refractivity contribution in [1.29, 1.82) is 0 Å². The number of hydrogen-bond donors (Lipinski definition) is 1. The first-order valence-corrected chi connectivity index (χ1v) is 9.21. The second-order valence-electron chi connectivity index (χ2n) is 6.32. The maximum Gasteiger partial charge on any atom is 0.250 e. The predicted octanol–water partition coefficient (Wildman–Crippen LogP) is 3.30. The minimum atomic E-state index is 0.0648. The Balaban J connectivity index is 1.77. The number of aromatic nitrogens is 1. The van der Waals surface area contributed by atoms with Gasteiger partial charge in [0.25, 0.3) is 5.56 Å². The van der Waals surface area contributed by atoms with Gasteiger partial charge in [-0.25, -0.2) is 0 Å². The number of hydrogen-bond acceptors (Lipinski definition) is 2. The molecule has 1 N–H and O–H groups in total. The van der Waals surface area contributed by atoms with Gasteiger partial charge >= 0.3 is 0 Å². The molecule has 140 valence electrons. The van der Waals surface area contributed by atoms with Crippen molar-refractivity contribution in [3.63, 3.8) is 0 Å². The molecule has 26 heavy (non-hydrogen) atoms. The summed E-state index contributed by atoms with van der Waals surface area (Å²) in [5.41, 5.74) is 2.21. The Morgan fingerprint density at radius 1 is 1.23 bits per heavy atom. The van der Waals surface area contributed by atoms with Crippen molar-refractivity contribution in [2.45, 2.75) is 32.9 Å². The van der Waals surface area contributed by atoms with E-state index in [-0.39, 0.29) is 5.56 Å². The third kappa shape index (κ3) is 5.92. The molecule has 2 rings (SSSR count). The molecule has 0 aliphatic heterocycles. The SMILES string of the molecule is CN=C(NCCCCn1c(C)cccc1=O)N(C)Cc1cccc(Cl)c1. The highest BCUT2D eigenvalue weighted by atomic mass is 35.5. The molecule has 0 amide bonds. The monoisotopic (exact) mass is 374 g/mol.